The Bertz CT molecular complexity index is 620. The number of hydrogen-bond donors (Lipinski definition) is 2. The lowest BCUT2D eigenvalue weighted by molar-refractivity contribution is -0.167. The Morgan fingerprint density at radius 2 is 2.09 bits per heavy atom. The zero-order chi connectivity index (χ0) is 16.6. The number of carboxylic acid groups (broad SMARTS) is 1. The second-order valence-corrected chi connectivity index (χ2v) is 9.04. The summed E-state index contributed by atoms with van der Waals surface area (Å²) in [6, 6.07) is 0. The highest BCUT2D eigenvalue weighted by Crippen LogP contribution is 2.70. The van der Waals surface area contributed by atoms with Gasteiger partial charge >= 0.3 is 5.97 Å². The number of rotatable bonds is 1. The molecule has 0 aromatic rings. The molecule has 3 heteroatoms. The van der Waals surface area contributed by atoms with Gasteiger partial charge < -0.3 is 10.2 Å². The van der Waals surface area contributed by atoms with Crippen molar-refractivity contribution in [3.8, 4) is 0 Å². The van der Waals surface area contributed by atoms with Gasteiger partial charge in [-0.05, 0) is 62.7 Å². The van der Waals surface area contributed by atoms with Gasteiger partial charge in [0, 0.05) is 5.41 Å². The lowest BCUT2D eigenvalue weighted by Gasteiger charge is -2.61. The summed E-state index contributed by atoms with van der Waals surface area (Å²) in [5.74, 6) is -0.150. The van der Waals surface area contributed by atoms with Crippen molar-refractivity contribution in [1.29, 1.82) is 0 Å². The molecule has 3 fully saturated rings. The van der Waals surface area contributed by atoms with E-state index in [1.807, 2.05) is 6.92 Å². The van der Waals surface area contributed by atoms with Crippen LogP contribution in [0, 0.1) is 28.1 Å². The molecule has 4 aliphatic rings. The van der Waals surface area contributed by atoms with Gasteiger partial charge in [0.1, 0.15) is 0 Å². The van der Waals surface area contributed by atoms with Crippen molar-refractivity contribution in [2.24, 2.45) is 28.1 Å². The number of aliphatic hydroxyl groups is 1. The first-order valence-corrected chi connectivity index (χ1v) is 9.04. The average Bonchev–Trinajstić information content (AvgIpc) is 2.73. The number of hydrogen-bond acceptors (Lipinski definition) is 2. The quantitative estimate of drug-likeness (QED) is 0.721. The standard InChI is InChI=1S/C20H28O3/c1-12-10-20-11-13(12)5-6-14(20)18(2)7-4-8-19(3,17(22)23)15(18)9-16(20)21/h6,13,15-16,21H,1,4-5,7-11H2,2-3H3,(H,22,23). The van der Waals surface area contributed by atoms with E-state index in [1.165, 1.54) is 11.1 Å². The number of carboxylic acids is 1. The fraction of sp³-hybridized carbons (Fsp3) is 0.750. The van der Waals surface area contributed by atoms with Crippen LogP contribution in [0.3, 0.4) is 0 Å². The molecule has 6 unspecified atom stereocenters. The second kappa shape index (κ2) is 4.50. The summed E-state index contributed by atoms with van der Waals surface area (Å²) in [6.45, 7) is 8.44. The largest absolute Gasteiger partial charge is 0.481 e. The smallest absolute Gasteiger partial charge is 0.309 e. The molecule has 0 saturated heterocycles. The summed E-state index contributed by atoms with van der Waals surface area (Å²) < 4.78 is 0. The summed E-state index contributed by atoms with van der Waals surface area (Å²) in [5, 5.41) is 21.0. The van der Waals surface area contributed by atoms with Crippen LogP contribution in [-0.4, -0.2) is 22.3 Å². The summed E-state index contributed by atoms with van der Waals surface area (Å²) in [6.07, 6.45) is 8.24. The van der Waals surface area contributed by atoms with Gasteiger partial charge in [0.2, 0.25) is 0 Å². The molecule has 0 radical (unpaired) electrons. The SMILES string of the molecule is C=C1CC23CC1CC=C2C1(C)CCCC(C)(C(=O)O)C1CC3O. The summed E-state index contributed by atoms with van der Waals surface area (Å²) >= 11 is 0. The maximum absolute atomic E-state index is 12.0. The normalized spacial score (nSPS) is 51.7. The zero-order valence-electron chi connectivity index (χ0n) is 14.3. The van der Waals surface area contributed by atoms with E-state index in [9.17, 15) is 15.0 Å². The van der Waals surface area contributed by atoms with E-state index in [-0.39, 0.29) is 16.7 Å². The number of fused-ring (bicyclic) bond motifs is 3. The molecular weight excluding hydrogens is 288 g/mol. The minimum Gasteiger partial charge on any atom is -0.481 e. The van der Waals surface area contributed by atoms with Crippen LogP contribution in [0.15, 0.2) is 23.8 Å². The van der Waals surface area contributed by atoms with Crippen molar-refractivity contribution in [2.45, 2.75) is 64.9 Å². The highest BCUT2D eigenvalue weighted by atomic mass is 16.4. The van der Waals surface area contributed by atoms with Crippen LogP contribution in [-0.2, 0) is 4.79 Å². The van der Waals surface area contributed by atoms with Gasteiger partial charge in [-0.2, -0.15) is 0 Å². The third-order valence-corrected chi connectivity index (χ3v) is 8.00. The highest BCUT2D eigenvalue weighted by Gasteiger charge is 2.65. The molecule has 23 heavy (non-hydrogen) atoms. The van der Waals surface area contributed by atoms with Gasteiger partial charge in [0.15, 0.2) is 0 Å². The molecule has 0 aromatic heterocycles. The molecule has 126 valence electrons. The first-order valence-electron chi connectivity index (χ1n) is 9.04. The predicted molar refractivity (Wildman–Crippen MR) is 88.8 cm³/mol. The van der Waals surface area contributed by atoms with Crippen molar-refractivity contribution in [1.82, 2.24) is 0 Å². The third-order valence-electron chi connectivity index (χ3n) is 8.00. The molecular formula is C20H28O3. The summed E-state index contributed by atoms with van der Waals surface area (Å²) in [5.41, 5.74) is 1.70. The maximum Gasteiger partial charge on any atom is 0.309 e. The van der Waals surface area contributed by atoms with Crippen LogP contribution < -0.4 is 0 Å². The van der Waals surface area contributed by atoms with E-state index in [1.54, 1.807) is 0 Å². The van der Waals surface area contributed by atoms with Crippen molar-refractivity contribution >= 4 is 5.97 Å². The van der Waals surface area contributed by atoms with Gasteiger partial charge in [-0.25, -0.2) is 0 Å². The molecule has 0 heterocycles. The Hall–Kier alpha value is -1.09. The number of aliphatic carboxylic acids is 1. The van der Waals surface area contributed by atoms with E-state index in [0.29, 0.717) is 12.3 Å². The second-order valence-electron chi connectivity index (χ2n) is 9.04. The first-order chi connectivity index (χ1) is 10.7. The van der Waals surface area contributed by atoms with Crippen LogP contribution in [0.1, 0.15) is 58.8 Å². The minimum absolute atomic E-state index is 0.0264. The monoisotopic (exact) mass is 316 g/mol. The van der Waals surface area contributed by atoms with Crippen molar-refractivity contribution in [3.63, 3.8) is 0 Å². The Balaban J connectivity index is 1.84. The molecule has 2 bridgehead atoms. The third kappa shape index (κ3) is 1.72. The van der Waals surface area contributed by atoms with Crippen molar-refractivity contribution < 1.29 is 15.0 Å². The molecule has 0 aromatic carbocycles. The van der Waals surface area contributed by atoms with E-state index < -0.39 is 17.5 Å². The minimum atomic E-state index is -0.719. The van der Waals surface area contributed by atoms with Crippen LogP contribution in [0.5, 0.6) is 0 Å². The van der Waals surface area contributed by atoms with Crippen molar-refractivity contribution in [3.05, 3.63) is 23.8 Å². The van der Waals surface area contributed by atoms with Crippen LogP contribution in [0.25, 0.3) is 0 Å². The van der Waals surface area contributed by atoms with Gasteiger partial charge in [0.05, 0.1) is 11.5 Å². The fourth-order valence-electron chi connectivity index (χ4n) is 6.78. The van der Waals surface area contributed by atoms with Gasteiger partial charge in [0.25, 0.3) is 0 Å². The van der Waals surface area contributed by atoms with E-state index >= 15 is 0 Å². The van der Waals surface area contributed by atoms with Crippen molar-refractivity contribution in [2.75, 3.05) is 0 Å². The maximum atomic E-state index is 12.0. The summed E-state index contributed by atoms with van der Waals surface area (Å²) in [4.78, 5) is 12.0. The molecule has 2 N–H and O–H groups in total. The Morgan fingerprint density at radius 1 is 1.35 bits per heavy atom. The van der Waals surface area contributed by atoms with E-state index in [4.69, 9.17) is 0 Å². The Morgan fingerprint density at radius 3 is 2.78 bits per heavy atom. The molecule has 3 nitrogen and oxygen atoms in total. The molecule has 4 aliphatic carbocycles. The molecule has 1 spiro atoms. The fourth-order valence-corrected chi connectivity index (χ4v) is 6.78. The molecule has 0 amide bonds. The van der Waals surface area contributed by atoms with Gasteiger partial charge in [-0.3, -0.25) is 4.79 Å². The Labute approximate surface area is 138 Å². The number of carbonyl (C=O) groups is 1. The molecule has 0 aliphatic heterocycles. The highest BCUT2D eigenvalue weighted by molar-refractivity contribution is 5.75. The van der Waals surface area contributed by atoms with E-state index in [2.05, 4.69) is 19.6 Å². The van der Waals surface area contributed by atoms with Gasteiger partial charge in [-0.15, -0.1) is 0 Å². The zero-order valence-corrected chi connectivity index (χ0v) is 14.3. The Kier molecular flexibility index (Phi) is 3.02. The van der Waals surface area contributed by atoms with Crippen LogP contribution >= 0.6 is 0 Å². The summed E-state index contributed by atoms with van der Waals surface area (Å²) in [7, 11) is 0. The first kappa shape index (κ1) is 15.4. The number of allylic oxidation sites excluding steroid dienone is 2. The lowest BCUT2D eigenvalue weighted by atomic mass is 9.43. The predicted octanol–water partition coefficient (Wildman–Crippen LogP) is 3.93. The molecule has 4 rings (SSSR count). The molecule has 3 saturated carbocycles. The average molecular weight is 316 g/mol. The van der Waals surface area contributed by atoms with E-state index in [0.717, 1.165) is 38.5 Å². The van der Waals surface area contributed by atoms with Crippen LogP contribution in [0.4, 0.5) is 0 Å². The number of aliphatic hydroxyl groups excluding tert-OH is 1. The lowest BCUT2D eigenvalue weighted by Crippen LogP contribution is -2.58. The van der Waals surface area contributed by atoms with Crippen LogP contribution in [0.2, 0.25) is 0 Å². The topological polar surface area (TPSA) is 57.5 Å². The molecule has 6 atom stereocenters. The van der Waals surface area contributed by atoms with Gasteiger partial charge in [-0.1, -0.05) is 37.1 Å².